The van der Waals surface area contributed by atoms with E-state index in [0.717, 1.165) is 127 Å². The zero-order chi connectivity index (χ0) is 44.0. The van der Waals surface area contributed by atoms with Crippen molar-refractivity contribution in [1.29, 1.82) is 0 Å². The normalized spacial score (nSPS) is 13.5. The Morgan fingerprint density at radius 1 is 0.358 bits per heavy atom. The molecule has 0 saturated heterocycles. The Morgan fingerprint density at radius 2 is 0.851 bits per heavy atom. The van der Waals surface area contributed by atoms with Crippen LogP contribution >= 0.6 is 0 Å². The van der Waals surface area contributed by atoms with Crippen LogP contribution in [0.3, 0.4) is 0 Å². The minimum atomic E-state index is -0.934. The fraction of sp³-hybridized carbons (Fsp3) is 0.0161. The van der Waals surface area contributed by atoms with Crippen molar-refractivity contribution >= 4 is 82.6 Å². The molecule has 0 N–H and O–H groups in total. The second kappa shape index (κ2) is 13.3. The fourth-order valence-electron chi connectivity index (χ4n) is 11.8. The Balaban J connectivity index is 1.13. The molecule has 0 amide bonds. The molecule has 0 unspecified atom stereocenters. The number of hydrogen-bond acceptors (Lipinski definition) is 4. The van der Waals surface area contributed by atoms with E-state index in [-0.39, 0.29) is 5.56 Å². The third-order valence-corrected chi connectivity index (χ3v) is 14.6. The molecular weight excluding hydrogens is 821 g/mol. The summed E-state index contributed by atoms with van der Waals surface area (Å²) in [6, 6.07) is 77.2. The highest BCUT2D eigenvalue weighted by molar-refractivity contribution is 6.13. The quantitative estimate of drug-likeness (QED) is 0.166. The van der Waals surface area contributed by atoms with E-state index >= 15 is 4.79 Å². The SMILES string of the molecule is O=c1c2ccccc2c2cccc3c2n1-c1ccccc1C31c2cc(-c3cccc4c3oc3ccccc34)ccc2N(c2ccccc2)c2ccc(-c3cccc4c3oc3ccccc34)cc21. The third kappa shape index (κ3) is 4.74. The maximum absolute atomic E-state index is 15.1. The van der Waals surface area contributed by atoms with E-state index in [0.29, 0.717) is 5.39 Å². The van der Waals surface area contributed by atoms with E-state index in [1.807, 2.05) is 47.0 Å². The number of para-hydroxylation sites is 7. The summed E-state index contributed by atoms with van der Waals surface area (Å²) in [6.45, 7) is 0. The maximum Gasteiger partial charge on any atom is 0.263 e. The fourth-order valence-corrected chi connectivity index (χ4v) is 11.8. The van der Waals surface area contributed by atoms with Gasteiger partial charge in [0.1, 0.15) is 22.3 Å². The Kier molecular flexibility index (Phi) is 7.24. The molecule has 0 radical (unpaired) electrons. The molecule has 3 aromatic heterocycles. The summed E-state index contributed by atoms with van der Waals surface area (Å²) in [5, 5.41) is 7.00. The monoisotopic (exact) mass is 856 g/mol. The first-order valence-corrected chi connectivity index (χ1v) is 22.8. The summed E-state index contributed by atoms with van der Waals surface area (Å²) < 4.78 is 15.4. The van der Waals surface area contributed by atoms with Crippen LogP contribution in [0.1, 0.15) is 22.3 Å². The largest absolute Gasteiger partial charge is 0.455 e. The van der Waals surface area contributed by atoms with Gasteiger partial charge in [0.25, 0.3) is 5.56 Å². The number of nitrogens with zero attached hydrogens (tertiary/aromatic N) is 2. The Labute approximate surface area is 383 Å². The molecule has 15 rings (SSSR count). The van der Waals surface area contributed by atoms with Gasteiger partial charge in [0.2, 0.25) is 0 Å². The van der Waals surface area contributed by atoms with E-state index in [2.05, 4.69) is 181 Å². The molecule has 0 bridgehead atoms. The standard InChI is InChI=1S/C62H36N2O3/c65-61-48-20-5-4-17-42(48)45-23-14-27-50-58(45)64(61)53-28-9-8-26-49(53)62(50)51-35-37(40-21-12-24-46-43-18-6-10-29-56(43)66-59(40)46)31-33-54(51)63(39-15-2-1-3-16-39)55-34-32-38(36-52(55)62)41-22-13-25-47-44-19-7-11-30-57(44)67-60(41)47/h1-36H. The topological polar surface area (TPSA) is 51.5 Å². The van der Waals surface area contributed by atoms with Crippen LogP contribution in [0.5, 0.6) is 0 Å². The Hall–Kier alpha value is -8.93. The van der Waals surface area contributed by atoms with Crippen LogP contribution in [0.2, 0.25) is 0 Å². The van der Waals surface area contributed by atoms with Crippen LogP contribution in [-0.4, -0.2) is 4.57 Å². The van der Waals surface area contributed by atoms with Crippen molar-refractivity contribution in [3.05, 3.63) is 251 Å². The molecule has 67 heavy (non-hydrogen) atoms. The number of anilines is 3. The van der Waals surface area contributed by atoms with Crippen LogP contribution in [0.4, 0.5) is 17.1 Å². The number of furan rings is 2. The molecule has 1 spiro atoms. The first kappa shape index (κ1) is 36.4. The van der Waals surface area contributed by atoms with Gasteiger partial charge in [-0.1, -0.05) is 158 Å². The van der Waals surface area contributed by atoms with Crippen LogP contribution < -0.4 is 10.5 Å². The van der Waals surface area contributed by atoms with Crippen LogP contribution in [0.15, 0.2) is 232 Å². The lowest BCUT2D eigenvalue weighted by Crippen LogP contribution is -2.42. The molecule has 13 aromatic rings. The van der Waals surface area contributed by atoms with E-state index in [1.165, 1.54) is 0 Å². The second-order valence-electron chi connectivity index (χ2n) is 17.9. The Bertz CT molecular complexity index is 4160. The third-order valence-electron chi connectivity index (χ3n) is 14.6. The van der Waals surface area contributed by atoms with Gasteiger partial charge in [0.15, 0.2) is 0 Å². The van der Waals surface area contributed by atoms with E-state index in [4.69, 9.17) is 8.83 Å². The number of benzene rings is 10. The molecule has 0 aliphatic carbocycles. The number of aromatic nitrogens is 1. The smallest absolute Gasteiger partial charge is 0.263 e. The summed E-state index contributed by atoms with van der Waals surface area (Å²) in [5.74, 6) is 0. The van der Waals surface area contributed by atoms with Crippen molar-refractivity contribution in [3.63, 3.8) is 0 Å². The number of rotatable bonds is 3. The van der Waals surface area contributed by atoms with Crippen LogP contribution in [-0.2, 0) is 5.41 Å². The van der Waals surface area contributed by atoms with E-state index < -0.39 is 5.41 Å². The molecule has 5 heteroatoms. The molecule has 5 heterocycles. The van der Waals surface area contributed by atoms with Gasteiger partial charge in [-0.2, -0.15) is 0 Å². The maximum atomic E-state index is 15.1. The molecular formula is C62H36N2O3. The molecule has 10 aromatic carbocycles. The number of hydrogen-bond donors (Lipinski definition) is 0. The molecule has 312 valence electrons. The van der Waals surface area contributed by atoms with Gasteiger partial charge in [-0.25, -0.2) is 0 Å². The lowest BCUT2D eigenvalue weighted by atomic mass is 9.60. The predicted octanol–water partition coefficient (Wildman–Crippen LogP) is 15.8. The summed E-state index contributed by atoms with van der Waals surface area (Å²) in [4.78, 5) is 17.5. The predicted molar refractivity (Wildman–Crippen MR) is 273 cm³/mol. The van der Waals surface area contributed by atoms with Gasteiger partial charge in [-0.05, 0) is 99.4 Å². The van der Waals surface area contributed by atoms with Crippen molar-refractivity contribution in [2.45, 2.75) is 5.41 Å². The van der Waals surface area contributed by atoms with Crippen molar-refractivity contribution in [2.75, 3.05) is 4.90 Å². The average Bonchev–Trinajstić information content (AvgIpc) is 3.97. The van der Waals surface area contributed by atoms with Gasteiger partial charge in [-0.3, -0.25) is 9.36 Å². The molecule has 2 aliphatic rings. The van der Waals surface area contributed by atoms with Gasteiger partial charge in [0.05, 0.1) is 28.0 Å². The van der Waals surface area contributed by atoms with Crippen LogP contribution in [0.25, 0.3) is 93.5 Å². The van der Waals surface area contributed by atoms with Gasteiger partial charge in [-0.15, -0.1) is 0 Å². The highest BCUT2D eigenvalue weighted by Crippen LogP contribution is 2.62. The zero-order valence-corrected chi connectivity index (χ0v) is 35.9. The number of fused-ring (bicyclic) bond motifs is 16. The first-order chi connectivity index (χ1) is 33.2. The minimum Gasteiger partial charge on any atom is -0.455 e. The van der Waals surface area contributed by atoms with Crippen molar-refractivity contribution in [2.24, 2.45) is 0 Å². The Morgan fingerprint density at radius 3 is 1.49 bits per heavy atom. The summed E-state index contributed by atoms with van der Waals surface area (Å²) in [5.41, 5.74) is 15.7. The molecule has 2 aliphatic heterocycles. The van der Waals surface area contributed by atoms with Crippen molar-refractivity contribution in [1.82, 2.24) is 4.57 Å². The molecule has 5 nitrogen and oxygen atoms in total. The van der Waals surface area contributed by atoms with E-state index in [1.54, 1.807) is 0 Å². The van der Waals surface area contributed by atoms with E-state index in [9.17, 15) is 0 Å². The average molecular weight is 857 g/mol. The zero-order valence-electron chi connectivity index (χ0n) is 35.9. The summed E-state index contributed by atoms with van der Waals surface area (Å²) in [6.07, 6.45) is 0. The highest BCUT2D eigenvalue weighted by atomic mass is 16.3. The van der Waals surface area contributed by atoms with Gasteiger partial charge >= 0.3 is 0 Å². The van der Waals surface area contributed by atoms with Crippen LogP contribution in [0, 0.1) is 0 Å². The summed E-state index contributed by atoms with van der Waals surface area (Å²) in [7, 11) is 0. The summed E-state index contributed by atoms with van der Waals surface area (Å²) >= 11 is 0. The van der Waals surface area contributed by atoms with Crippen molar-refractivity contribution in [3.8, 4) is 27.9 Å². The number of pyridine rings is 1. The lowest BCUT2D eigenvalue weighted by Gasteiger charge is -2.49. The van der Waals surface area contributed by atoms with Gasteiger partial charge < -0.3 is 13.7 Å². The van der Waals surface area contributed by atoms with Gasteiger partial charge in [0, 0.05) is 49.1 Å². The first-order valence-electron chi connectivity index (χ1n) is 22.8. The second-order valence-corrected chi connectivity index (χ2v) is 17.9. The molecule has 0 fully saturated rings. The van der Waals surface area contributed by atoms with Crippen molar-refractivity contribution < 1.29 is 8.83 Å². The minimum absolute atomic E-state index is 0.0318. The highest BCUT2D eigenvalue weighted by Gasteiger charge is 2.51. The molecule has 0 atom stereocenters. The lowest BCUT2D eigenvalue weighted by molar-refractivity contribution is 0.669. The molecule has 0 saturated carbocycles.